The van der Waals surface area contributed by atoms with Crippen LogP contribution < -0.4 is 14.8 Å². The first-order valence-corrected chi connectivity index (χ1v) is 7.95. The Morgan fingerprint density at radius 3 is 2.52 bits per heavy atom. The Morgan fingerprint density at radius 2 is 1.81 bits per heavy atom. The van der Waals surface area contributed by atoms with E-state index in [0.717, 1.165) is 28.7 Å². The second kappa shape index (κ2) is 7.53. The summed E-state index contributed by atoms with van der Waals surface area (Å²) >= 11 is 0. The molecule has 0 saturated heterocycles. The van der Waals surface area contributed by atoms with E-state index in [2.05, 4.69) is 15.0 Å². The molecule has 0 bridgehead atoms. The predicted molar refractivity (Wildman–Crippen MR) is 93.7 cm³/mol. The number of fused-ring (bicyclic) bond motifs is 1. The molecule has 3 aromatic rings. The number of nitrogens with one attached hydrogen (secondary N) is 1. The fourth-order valence-electron chi connectivity index (χ4n) is 2.47. The number of alkyl halides is 3. The van der Waals surface area contributed by atoms with E-state index < -0.39 is 12.3 Å². The number of carbonyl (C=O) groups is 1. The number of amides is 1. The highest BCUT2D eigenvalue weighted by Crippen LogP contribution is 2.26. The van der Waals surface area contributed by atoms with E-state index in [-0.39, 0.29) is 12.4 Å². The molecule has 0 fully saturated rings. The predicted octanol–water partition coefficient (Wildman–Crippen LogP) is 4.46. The molecule has 5 nitrogen and oxygen atoms in total. The van der Waals surface area contributed by atoms with Crippen molar-refractivity contribution in [2.75, 3.05) is 11.9 Å². The molecule has 27 heavy (non-hydrogen) atoms. The van der Waals surface area contributed by atoms with Gasteiger partial charge in [-0.05, 0) is 43.3 Å². The van der Waals surface area contributed by atoms with Crippen molar-refractivity contribution in [3.63, 3.8) is 0 Å². The number of rotatable bonds is 5. The van der Waals surface area contributed by atoms with Gasteiger partial charge in [-0.2, -0.15) is 0 Å². The van der Waals surface area contributed by atoms with Crippen LogP contribution in [-0.2, 0) is 4.79 Å². The largest absolute Gasteiger partial charge is 0.573 e. The standard InChI is InChI=1S/C19H15F3N2O3/c1-12-10-17(15-4-2-3-5-16(15)23-12)26-11-18(25)24-13-6-8-14(9-7-13)27-19(20,21)22/h2-10H,11H2,1H3,(H,24,25). The van der Waals surface area contributed by atoms with E-state index in [1.54, 1.807) is 6.07 Å². The summed E-state index contributed by atoms with van der Waals surface area (Å²) in [4.78, 5) is 16.4. The molecule has 1 heterocycles. The lowest BCUT2D eigenvalue weighted by Crippen LogP contribution is -2.20. The zero-order valence-corrected chi connectivity index (χ0v) is 14.2. The van der Waals surface area contributed by atoms with Gasteiger partial charge in [-0.15, -0.1) is 13.2 Å². The van der Waals surface area contributed by atoms with E-state index in [4.69, 9.17) is 4.74 Å². The summed E-state index contributed by atoms with van der Waals surface area (Å²) in [5.74, 6) is -0.282. The smallest absolute Gasteiger partial charge is 0.483 e. The zero-order valence-electron chi connectivity index (χ0n) is 14.2. The number of ether oxygens (including phenoxy) is 2. The quantitative estimate of drug-likeness (QED) is 0.714. The van der Waals surface area contributed by atoms with Crippen LogP contribution in [0.3, 0.4) is 0 Å². The van der Waals surface area contributed by atoms with Gasteiger partial charge in [0.25, 0.3) is 5.91 Å². The van der Waals surface area contributed by atoms with Crippen LogP contribution in [0, 0.1) is 6.92 Å². The minimum atomic E-state index is -4.76. The second-order valence-electron chi connectivity index (χ2n) is 5.69. The van der Waals surface area contributed by atoms with Crippen molar-refractivity contribution < 1.29 is 27.4 Å². The van der Waals surface area contributed by atoms with Crippen molar-refractivity contribution in [1.82, 2.24) is 4.98 Å². The Balaban J connectivity index is 1.62. The van der Waals surface area contributed by atoms with Gasteiger partial charge in [-0.3, -0.25) is 9.78 Å². The summed E-state index contributed by atoms with van der Waals surface area (Å²) in [6.45, 7) is 1.57. The maximum absolute atomic E-state index is 12.1. The maximum atomic E-state index is 12.1. The van der Waals surface area contributed by atoms with Crippen LogP contribution in [-0.4, -0.2) is 23.9 Å². The van der Waals surface area contributed by atoms with E-state index in [1.165, 1.54) is 12.1 Å². The molecular weight excluding hydrogens is 361 g/mol. The van der Waals surface area contributed by atoms with Gasteiger partial charge in [0, 0.05) is 22.8 Å². The number of hydrogen-bond acceptors (Lipinski definition) is 4. The molecule has 0 aliphatic carbocycles. The Labute approximate surface area is 152 Å². The highest BCUT2D eigenvalue weighted by molar-refractivity contribution is 5.92. The highest BCUT2D eigenvalue weighted by Gasteiger charge is 2.30. The van der Waals surface area contributed by atoms with Gasteiger partial charge in [0.2, 0.25) is 0 Å². The van der Waals surface area contributed by atoms with Crippen molar-refractivity contribution in [3.8, 4) is 11.5 Å². The molecule has 1 aromatic heterocycles. The van der Waals surface area contributed by atoms with Crippen LogP contribution in [0.2, 0.25) is 0 Å². The number of benzene rings is 2. The van der Waals surface area contributed by atoms with E-state index in [1.807, 2.05) is 31.2 Å². The number of para-hydroxylation sites is 1. The lowest BCUT2D eigenvalue weighted by molar-refractivity contribution is -0.274. The third-order valence-electron chi connectivity index (χ3n) is 3.54. The summed E-state index contributed by atoms with van der Waals surface area (Å²) in [7, 11) is 0. The van der Waals surface area contributed by atoms with Gasteiger partial charge in [0.1, 0.15) is 11.5 Å². The molecule has 2 aromatic carbocycles. The minimum absolute atomic E-state index is 0.256. The van der Waals surface area contributed by atoms with Gasteiger partial charge in [-0.25, -0.2) is 0 Å². The van der Waals surface area contributed by atoms with Gasteiger partial charge >= 0.3 is 6.36 Å². The van der Waals surface area contributed by atoms with Crippen molar-refractivity contribution in [2.24, 2.45) is 0 Å². The number of halogens is 3. The summed E-state index contributed by atoms with van der Waals surface area (Å²) in [5.41, 5.74) is 1.84. The van der Waals surface area contributed by atoms with E-state index >= 15 is 0 Å². The van der Waals surface area contributed by atoms with Crippen LogP contribution in [0.5, 0.6) is 11.5 Å². The first-order valence-electron chi connectivity index (χ1n) is 7.95. The van der Waals surface area contributed by atoms with Crippen molar-refractivity contribution in [1.29, 1.82) is 0 Å². The molecule has 8 heteroatoms. The number of carbonyl (C=O) groups excluding carboxylic acids is 1. The van der Waals surface area contributed by atoms with Gasteiger partial charge in [0.05, 0.1) is 5.52 Å². The lowest BCUT2D eigenvalue weighted by Gasteiger charge is -2.11. The van der Waals surface area contributed by atoms with E-state index in [9.17, 15) is 18.0 Å². The van der Waals surface area contributed by atoms with Crippen molar-refractivity contribution in [2.45, 2.75) is 13.3 Å². The van der Waals surface area contributed by atoms with Gasteiger partial charge < -0.3 is 14.8 Å². The van der Waals surface area contributed by atoms with Gasteiger partial charge in [-0.1, -0.05) is 12.1 Å². The SMILES string of the molecule is Cc1cc(OCC(=O)Nc2ccc(OC(F)(F)F)cc2)c2ccccc2n1. The molecule has 0 saturated carbocycles. The second-order valence-corrected chi connectivity index (χ2v) is 5.69. The molecule has 0 unspecified atom stereocenters. The number of hydrogen-bond donors (Lipinski definition) is 1. The molecule has 0 aliphatic rings. The average Bonchev–Trinajstić information content (AvgIpc) is 2.60. The number of aromatic nitrogens is 1. The number of aryl methyl sites for hydroxylation is 1. The molecule has 3 rings (SSSR count). The fraction of sp³-hybridized carbons (Fsp3) is 0.158. The van der Waals surface area contributed by atoms with Crippen molar-refractivity contribution >= 4 is 22.5 Å². The van der Waals surface area contributed by atoms with Crippen LogP contribution in [0.1, 0.15) is 5.69 Å². The first-order chi connectivity index (χ1) is 12.8. The Morgan fingerprint density at radius 1 is 1.11 bits per heavy atom. The molecule has 0 aliphatic heterocycles. The molecule has 140 valence electrons. The fourth-order valence-corrected chi connectivity index (χ4v) is 2.47. The number of pyridine rings is 1. The zero-order chi connectivity index (χ0) is 19.4. The summed E-state index contributed by atoms with van der Waals surface area (Å²) in [6.07, 6.45) is -4.76. The van der Waals surface area contributed by atoms with Gasteiger partial charge in [0.15, 0.2) is 6.61 Å². The summed E-state index contributed by atoms with van der Waals surface area (Å²) in [5, 5.41) is 3.33. The molecular formula is C19H15F3N2O3. The van der Waals surface area contributed by atoms with Crippen LogP contribution in [0.15, 0.2) is 54.6 Å². The molecule has 0 spiro atoms. The average molecular weight is 376 g/mol. The molecule has 1 amide bonds. The topological polar surface area (TPSA) is 60.5 Å². The first kappa shape index (κ1) is 18.5. The highest BCUT2D eigenvalue weighted by atomic mass is 19.4. The van der Waals surface area contributed by atoms with Crippen LogP contribution in [0.4, 0.5) is 18.9 Å². The molecule has 0 radical (unpaired) electrons. The maximum Gasteiger partial charge on any atom is 0.573 e. The Hall–Kier alpha value is -3.29. The molecule has 1 N–H and O–H groups in total. The monoisotopic (exact) mass is 376 g/mol. The lowest BCUT2D eigenvalue weighted by atomic mass is 10.2. The van der Waals surface area contributed by atoms with Crippen molar-refractivity contribution in [3.05, 3.63) is 60.3 Å². The number of nitrogens with zero attached hydrogens (tertiary/aromatic N) is 1. The minimum Gasteiger partial charge on any atom is -0.483 e. The normalized spacial score (nSPS) is 11.3. The summed E-state index contributed by atoms with van der Waals surface area (Å²) in [6, 6.07) is 14.0. The van der Waals surface area contributed by atoms with Crippen LogP contribution >= 0.6 is 0 Å². The van der Waals surface area contributed by atoms with E-state index in [0.29, 0.717) is 11.4 Å². The third kappa shape index (κ3) is 5.10. The third-order valence-corrected chi connectivity index (χ3v) is 3.54. The Bertz CT molecular complexity index is 957. The molecule has 0 atom stereocenters. The van der Waals surface area contributed by atoms with Crippen LogP contribution in [0.25, 0.3) is 10.9 Å². The summed E-state index contributed by atoms with van der Waals surface area (Å²) < 4.78 is 45.8. The Kier molecular flexibility index (Phi) is 5.16. The number of anilines is 1.